The number of nitrogens with one attached hydrogen (secondary N) is 1. The van der Waals surface area contributed by atoms with E-state index < -0.39 is 0 Å². The zero-order chi connectivity index (χ0) is 14.9. The molecule has 0 aliphatic carbocycles. The van der Waals surface area contributed by atoms with Crippen molar-refractivity contribution in [3.8, 4) is 0 Å². The van der Waals surface area contributed by atoms with Crippen molar-refractivity contribution in [3.05, 3.63) is 23.4 Å². The molecule has 6 heteroatoms. The van der Waals surface area contributed by atoms with Crippen LogP contribution >= 0.6 is 0 Å². The van der Waals surface area contributed by atoms with Crippen LogP contribution in [0.4, 0.5) is 5.82 Å². The number of pyridine rings is 1. The van der Waals surface area contributed by atoms with Gasteiger partial charge in [0.25, 0.3) is 5.91 Å². The molecule has 4 heterocycles. The fraction of sp³-hybridized carbons (Fsp3) is 0.625. The van der Waals surface area contributed by atoms with Crippen LogP contribution in [0.1, 0.15) is 22.5 Å². The maximum atomic E-state index is 12.8. The second-order valence-electron chi connectivity index (χ2n) is 6.16. The van der Waals surface area contributed by atoms with Gasteiger partial charge in [-0.15, -0.1) is 0 Å². The smallest absolute Gasteiger partial charge is 0.256 e. The van der Waals surface area contributed by atoms with Crippen molar-refractivity contribution >= 4 is 11.7 Å². The topological polar surface area (TPSA) is 57.7 Å². The van der Waals surface area contributed by atoms with Gasteiger partial charge in [0.15, 0.2) is 0 Å². The van der Waals surface area contributed by atoms with Crippen LogP contribution in [0, 0.1) is 0 Å². The number of hydrogen-bond acceptors (Lipinski definition) is 5. The van der Waals surface area contributed by atoms with Crippen molar-refractivity contribution in [3.63, 3.8) is 0 Å². The molecule has 6 nitrogen and oxygen atoms in total. The second kappa shape index (κ2) is 5.85. The fourth-order valence-electron chi connectivity index (χ4n) is 3.59. The first-order valence-corrected chi connectivity index (χ1v) is 8.17. The molecule has 1 amide bonds. The van der Waals surface area contributed by atoms with Crippen LogP contribution in [0.25, 0.3) is 0 Å². The van der Waals surface area contributed by atoms with E-state index in [1.54, 1.807) is 0 Å². The standard InChI is InChI=1S/C16H22N4O2/c21-16-13-2-4-15(19-7-9-22-10-8-19)18-14(13)3-1-12-11-17-5-6-20(12)16/h2,4,12,17H,1,3,5-11H2. The Balaban J connectivity index is 1.63. The van der Waals surface area contributed by atoms with Gasteiger partial charge < -0.3 is 19.9 Å². The zero-order valence-electron chi connectivity index (χ0n) is 12.8. The summed E-state index contributed by atoms with van der Waals surface area (Å²) < 4.78 is 5.40. The highest BCUT2D eigenvalue weighted by molar-refractivity contribution is 5.96. The first kappa shape index (κ1) is 14.0. The number of aryl methyl sites for hydroxylation is 1. The van der Waals surface area contributed by atoms with E-state index in [-0.39, 0.29) is 5.91 Å². The van der Waals surface area contributed by atoms with Crippen LogP contribution in [0.15, 0.2) is 12.1 Å². The number of piperazine rings is 1. The van der Waals surface area contributed by atoms with Crippen LogP contribution in [-0.4, -0.2) is 67.8 Å². The fourth-order valence-corrected chi connectivity index (χ4v) is 3.59. The molecule has 1 unspecified atom stereocenters. The lowest BCUT2D eigenvalue weighted by Crippen LogP contribution is -2.53. The van der Waals surface area contributed by atoms with E-state index >= 15 is 0 Å². The third-order valence-electron chi connectivity index (χ3n) is 4.85. The minimum absolute atomic E-state index is 0.153. The number of hydrogen-bond donors (Lipinski definition) is 1. The molecule has 118 valence electrons. The Kier molecular flexibility index (Phi) is 3.72. The van der Waals surface area contributed by atoms with E-state index in [1.165, 1.54) is 0 Å². The number of carbonyl (C=O) groups excluding carboxylic acids is 1. The molecule has 4 rings (SSSR count). The Bertz CT molecular complexity index is 571. The summed E-state index contributed by atoms with van der Waals surface area (Å²) in [6, 6.07) is 4.27. The zero-order valence-corrected chi connectivity index (χ0v) is 12.8. The molecule has 3 aliphatic heterocycles. The van der Waals surface area contributed by atoms with Gasteiger partial charge in [0, 0.05) is 38.8 Å². The number of amides is 1. The van der Waals surface area contributed by atoms with Crippen molar-refractivity contribution < 1.29 is 9.53 Å². The first-order chi connectivity index (χ1) is 10.8. The maximum Gasteiger partial charge on any atom is 0.256 e. The van der Waals surface area contributed by atoms with Gasteiger partial charge in [-0.25, -0.2) is 4.98 Å². The summed E-state index contributed by atoms with van der Waals surface area (Å²) in [7, 11) is 0. The van der Waals surface area contributed by atoms with E-state index in [4.69, 9.17) is 9.72 Å². The summed E-state index contributed by atoms with van der Waals surface area (Å²) in [6.07, 6.45) is 1.87. The molecular formula is C16H22N4O2. The Labute approximate surface area is 130 Å². The number of rotatable bonds is 1. The molecule has 1 atom stereocenters. The van der Waals surface area contributed by atoms with Gasteiger partial charge >= 0.3 is 0 Å². The average molecular weight is 302 g/mol. The molecule has 2 saturated heterocycles. The third kappa shape index (κ3) is 2.46. The summed E-state index contributed by atoms with van der Waals surface area (Å²) >= 11 is 0. The molecule has 0 spiro atoms. The summed E-state index contributed by atoms with van der Waals surface area (Å²) in [5.74, 6) is 1.13. The Morgan fingerprint density at radius 3 is 2.95 bits per heavy atom. The average Bonchev–Trinajstić information content (AvgIpc) is 2.73. The molecule has 2 fully saturated rings. The van der Waals surface area contributed by atoms with Gasteiger partial charge in [0.05, 0.1) is 24.5 Å². The van der Waals surface area contributed by atoms with Crippen molar-refractivity contribution in [2.45, 2.75) is 18.9 Å². The highest BCUT2D eigenvalue weighted by Crippen LogP contribution is 2.25. The number of nitrogens with zero attached hydrogens (tertiary/aromatic N) is 3. The molecular weight excluding hydrogens is 280 g/mol. The summed E-state index contributed by atoms with van der Waals surface area (Å²) in [5.41, 5.74) is 1.75. The van der Waals surface area contributed by atoms with Gasteiger partial charge in [-0.1, -0.05) is 0 Å². The molecule has 0 bridgehead atoms. The lowest BCUT2D eigenvalue weighted by molar-refractivity contribution is 0.0639. The quantitative estimate of drug-likeness (QED) is 0.807. The molecule has 0 saturated carbocycles. The van der Waals surface area contributed by atoms with Crippen molar-refractivity contribution in [2.24, 2.45) is 0 Å². The molecule has 0 aromatic carbocycles. The van der Waals surface area contributed by atoms with E-state index in [9.17, 15) is 4.79 Å². The Morgan fingerprint density at radius 2 is 2.09 bits per heavy atom. The van der Waals surface area contributed by atoms with Gasteiger partial charge in [-0.3, -0.25) is 4.79 Å². The van der Waals surface area contributed by atoms with E-state index in [0.717, 1.165) is 75.9 Å². The molecule has 0 radical (unpaired) electrons. The van der Waals surface area contributed by atoms with Crippen LogP contribution in [-0.2, 0) is 11.2 Å². The number of fused-ring (bicyclic) bond motifs is 2. The van der Waals surface area contributed by atoms with Gasteiger partial charge in [0.1, 0.15) is 5.82 Å². The van der Waals surface area contributed by atoms with E-state index in [1.807, 2.05) is 17.0 Å². The highest BCUT2D eigenvalue weighted by Gasteiger charge is 2.32. The number of aromatic nitrogens is 1. The van der Waals surface area contributed by atoms with Gasteiger partial charge in [-0.05, 0) is 25.0 Å². The Morgan fingerprint density at radius 1 is 1.23 bits per heavy atom. The van der Waals surface area contributed by atoms with E-state index in [0.29, 0.717) is 6.04 Å². The molecule has 3 aliphatic rings. The van der Waals surface area contributed by atoms with Crippen molar-refractivity contribution in [1.29, 1.82) is 0 Å². The molecule has 1 N–H and O–H groups in total. The predicted molar refractivity (Wildman–Crippen MR) is 83.3 cm³/mol. The molecule has 1 aromatic rings. The number of ether oxygens (including phenoxy) is 1. The van der Waals surface area contributed by atoms with Gasteiger partial charge in [-0.2, -0.15) is 0 Å². The largest absolute Gasteiger partial charge is 0.378 e. The molecule has 22 heavy (non-hydrogen) atoms. The lowest BCUT2D eigenvalue weighted by Gasteiger charge is -2.34. The van der Waals surface area contributed by atoms with Crippen LogP contribution in [0.5, 0.6) is 0 Å². The third-order valence-corrected chi connectivity index (χ3v) is 4.85. The maximum absolute atomic E-state index is 12.8. The molecule has 1 aromatic heterocycles. The van der Waals surface area contributed by atoms with E-state index in [2.05, 4.69) is 10.2 Å². The predicted octanol–water partition coefficient (Wildman–Crippen LogP) is 0.278. The monoisotopic (exact) mass is 302 g/mol. The Hall–Kier alpha value is -1.66. The minimum Gasteiger partial charge on any atom is -0.378 e. The second-order valence-corrected chi connectivity index (χ2v) is 6.16. The SMILES string of the molecule is O=C1c2ccc(N3CCOCC3)nc2CCC2CNCCN12. The highest BCUT2D eigenvalue weighted by atomic mass is 16.5. The van der Waals surface area contributed by atoms with Gasteiger partial charge in [0.2, 0.25) is 0 Å². The van der Waals surface area contributed by atoms with Crippen LogP contribution in [0.3, 0.4) is 0 Å². The van der Waals surface area contributed by atoms with Crippen molar-refractivity contribution in [2.75, 3.05) is 50.8 Å². The lowest BCUT2D eigenvalue weighted by atomic mass is 10.1. The number of anilines is 1. The summed E-state index contributed by atoms with van der Waals surface area (Å²) in [4.78, 5) is 21.9. The number of carbonyl (C=O) groups is 1. The summed E-state index contributed by atoms with van der Waals surface area (Å²) in [6.45, 7) is 5.83. The van der Waals surface area contributed by atoms with Crippen molar-refractivity contribution in [1.82, 2.24) is 15.2 Å². The normalized spacial score (nSPS) is 25.5. The summed E-state index contributed by atoms with van der Waals surface area (Å²) in [5, 5.41) is 3.39. The number of morpholine rings is 1. The minimum atomic E-state index is 0.153. The first-order valence-electron chi connectivity index (χ1n) is 8.17. The van der Waals surface area contributed by atoms with Crippen LogP contribution in [0.2, 0.25) is 0 Å². The van der Waals surface area contributed by atoms with Crippen LogP contribution < -0.4 is 10.2 Å².